The molecule has 2 N–H and O–H groups in total. The molecule has 184 valence electrons. The van der Waals surface area contributed by atoms with E-state index < -0.39 is 18.5 Å². The zero-order chi connectivity index (χ0) is 25.2. The summed E-state index contributed by atoms with van der Waals surface area (Å²) in [6, 6.07) is 14.8. The van der Waals surface area contributed by atoms with Crippen LogP contribution in [0.2, 0.25) is 0 Å². The number of carbonyl (C=O) groups excluding carboxylic acids is 3. The number of nitrogens with zero attached hydrogens (tertiary/aromatic N) is 3. The van der Waals surface area contributed by atoms with E-state index in [1.165, 1.54) is 0 Å². The fraction of sp³-hybridized carbons (Fsp3) is 0.296. The topological polar surface area (TPSA) is 115 Å². The molecular formula is C27H27N5O4. The molecule has 0 radical (unpaired) electrons. The van der Waals surface area contributed by atoms with Crippen LogP contribution in [0.15, 0.2) is 48.5 Å². The Morgan fingerprint density at radius 3 is 2.61 bits per heavy atom. The number of anilines is 1. The zero-order valence-electron chi connectivity index (χ0n) is 20.2. The van der Waals surface area contributed by atoms with Crippen LogP contribution in [-0.2, 0) is 20.7 Å². The van der Waals surface area contributed by atoms with Crippen molar-refractivity contribution in [3.63, 3.8) is 0 Å². The Kier molecular flexibility index (Phi) is 6.37. The van der Waals surface area contributed by atoms with Gasteiger partial charge in [-0.3, -0.25) is 14.4 Å². The van der Waals surface area contributed by atoms with Crippen LogP contribution in [-0.4, -0.2) is 45.0 Å². The van der Waals surface area contributed by atoms with Crippen molar-refractivity contribution < 1.29 is 19.1 Å². The van der Waals surface area contributed by atoms with Gasteiger partial charge in [-0.2, -0.15) is 5.10 Å². The lowest BCUT2D eigenvalue weighted by molar-refractivity contribution is -0.147. The number of carbonyl (C=O) groups is 3. The number of amides is 2. The first-order valence-corrected chi connectivity index (χ1v) is 12.0. The van der Waals surface area contributed by atoms with Crippen LogP contribution in [0, 0.1) is 13.8 Å². The van der Waals surface area contributed by atoms with Crippen molar-refractivity contribution in [2.24, 2.45) is 0 Å². The summed E-state index contributed by atoms with van der Waals surface area (Å²) in [5.74, 6) is -1.23. The maximum atomic E-state index is 12.4. The predicted octanol–water partition coefficient (Wildman–Crippen LogP) is 3.51. The summed E-state index contributed by atoms with van der Waals surface area (Å²) >= 11 is 0. The molecule has 0 unspecified atom stereocenters. The SMILES string of the molecule is Cc1nc2c3ccccc3nn2c(C)c1CCC(=O)OCC(=O)Nc1ccccc1C(=O)NC1CC1. The van der Waals surface area contributed by atoms with Gasteiger partial charge in [0.2, 0.25) is 0 Å². The minimum absolute atomic E-state index is 0.101. The van der Waals surface area contributed by atoms with E-state index in [0.717, 1.165) is 46.3 Å². The first-order valence-electron chi connectivity index (χ1n) is 12.0. The number of ether oxygens (including phenoxy) is 1. The molecule has 0 spiro atoms. The normalized spacial score (nSPS) is 13.1. The first-order chi connectivity index (χ1) is 17.4. The maximum absolute atomic E-state index is 12.4. The van der Waals surface area contributed by atoms with E-state index in [0.29, 0.717) is 17.7 Å². The highest BCUT2D eigenvalue weighted by Gasteiger charge is 2.25. The molecule has 36 heavy (non-hydrogen) atoms. The number of benzene rings is 2. The van der Waals surface area contributed by atoms with E-state index in [2.05, 4.69) is 15.7 Å². The molecule has 5 rings (SSSR count). The smallest absolute Gasteiger partial charge is 0.306 e. The van der Waals surface area contributed by atoms with Crippen molar-refractivity contribution in [3.05, 3.63) is 71.0 Å². The predicted molar refractivity (Wildman–Crippen MR) is 135 cm³/mol. The highest BCUT2D eigenvalue weighted by molar-refractivity contribution is 6.04. The van der Waals surface area contributed by atoms with Crippen molar-refractivity contribution in [2.75, 3.05) is 11.9 Å². The zero-order valence-corrected chi connectivity index (χ0v) is 20.2. The van der Waals surface area contributed by atoms with Crippen LogP contribution >= 0.6 is 0 Å². The van der Waals surface area contributed by atoms with Crippen molar-refractivity contribution >= 4 is 40.0 Å². The van der Waals surface area contributed by atoms with Gasteiger partial charge in [0.05, 0.1) is 16.8 Å². The molecule has 2 aromatic carbocycles. The van der Waals surface area contributed by atoms with E-state index in [1.54, 1.807) is 24.3 Å². The number of hydrogen-bond acceptors (Lipinski definition) is 6. The lowest BCUT2D eigenvalue weighted by atomic mass is 10.1. The van der Waals surface area contributed by atoms with Crippen molar-refractivity contribution in [1.82, 2.24) is 19.9 Å². The number of esters is 1. The molecular weight excluding hydrogens is 458 g/mol. The summed E-state index contributed by atoms with van der Waals surface area (Å²) in [4.78, 5) is 41.9. The number of para-hydroxylation sites is 1. The Morgan fingerprint density at radius 2 is 1.81 bits per heavy atom. The van der Waals surface area contributed by atoms with Crippen LogP contribution in [0.3, 0.4) is 0 Å². The van der Waals surface area contributed by atoms with Crippen LogP contribution in [0.5, 0.6) is 0 Å². The molecule has 9 nitrogen and oxygen atoms in total. The van der Waals surface area contributed by atoms with Gasteiger partial charge in [-0.25, -0.2) is 9.50 Å². The van der Waals surface area contributed by atoms with Gasteiger partial charge in [0.15, 0.2) is 12.3 Å². The molecule has 4 aromatic rings. The summed E-state index contributed by atoms with van der Waals surface area (Å²) in [6.07, 6.45) is 2.46. The van der Waals surface area contributed by atoms with Gasteiger partial charge < -0.3 is 15.4 Å². The largest absolute Gasteiger partial charge is 0.456 e. The molecule has 0 saturated heterocycles. The third kappa shape index (κ3) is 4.91. The molecule has 1 fully saturated rings. The van der Waals surface area contributed by atoms with Gasteiger partial charge in [0.25, 0.3) is 11.8 Å². The summed E-state index contributed by atoms with van der Waals surface area (Å²) in [7, 11) is 0. The second-order valence-corrected chi connectivity index (χ2v) is 9.02. The molecule has 1 aliphatic carbocycles. The van der Waals surface area contributed by atoms with Gasteiger partial charge in [0, 0.05) is 29.2 Å². The van der Waals surface area contributed by atoms with Gasteiger partial charge in [-0.05, 0) is 62.9 Å². The van der Waals surface area contributed by atoms with Gasteiger partial charge in [0.1, 0.15) is 0 Å². The highest BCUT2D eigenvalue weighted by Crippen LogP contribution is 2.23. The summed E-state index contributed by atoms with van der Waals surface area (Å²) < 4.78 is 7.00. The maximum Gasteiger partial charge on any atom is 0.306 e. The van der Waals surface area contributed by atoms with Crippen molar-refractivity contribution in [1.29, 1.82) is 0 Å². The number of aromatic nitrogens is 3. The number of nitrogens with one attached hydrogen (secondary N) is 2. The lowest BCUT2D eigenvalue weighted by Crippen LogP contribution is -2.28. The molecule has 1 saturated carbocycles. The Labute approximate surface area is 207 Å². The van der Waals surface area contributed by atoms with Crippen molar-refractivity contribution in [3.8, 4) is 0 Å². The number of aryl methyl sites for hydroxylation is 2. The average molecular weight is 486 g/mol. The van der Waals surface area contributed by atoms with E-state index in [1.807, 2.05) is 42.6 Å². The Balaban J connectivity index is 1.18. The lowest BCUT2D eigenvalue weighted by Gasteiger charge is -2.12. The average Bonchev–Trinajstić information content (AvgIpc) is 3.61. The van der Waals surface area contributed by atoms with E-state index in [4.69, 9.17) is 9.72 Å². The fourth-order valence-electron chi connectivity index (χ4n) is 4.25. The van der Waals surface area contributed by atoms with E-state index in [-0.39, 0.29) is 18.4 Å². The van der Waals surface area contributed by atoms with Crippen LogP contribution < -0.4 is 10.6 Å². The Bertz CT molecular complexity index is 1490. The summed E-state index contributed by atoms with van der Waals surface area (Å²) in [6.45, 7) is 3.44. The minimum atomic E-state index is -0.506. The van der Waals surface area contributed by atoms with Gasteiger partial charge in [-0.1, -0.05) is 24.3 Å². The monoisotopic (exact) mass is 485 g/mol. The first kappa shape index (κ1) is 23.5. The Morgan fingerprint density at radius 1 is 1.06 bits per heavy atom. The second kappa shape index (κ2) is 9.77. The number of rotatable bonds is 8. The van der Waals surface area contributed by atoms with Crippen molar-refractivity contribution in [2.45, 2.75) is 45.6 Å². The van der Waals surface area contributed by atoms with Crippen LogP contribution in [0.25, 0.3) is 16.6 Å². The fourth-order valence-corrected chi connectivity index (χ4v) is 4.25. The molecule has 0 bridgehead atoms. The molecule has 2 aromatic heterocycles. The third-order valence-electron chi connectivity index (χ3n) is 6.32. The molecule has 0 aliphatic heterocycles. The van der Waals surface area contributed by atoms with Gasteiger partial charge >= 0.3 is 5.97 Å². The summed E-state index contributed by atoms with van der Waals surface area (Å²) in [5, 5.41) is 11.2. The molecule has 2 heterocycles. The standard InChI is InChI=1S/C27H27N5O4/c1-16-19(17(2)32-26(28-16)20-7-3-6-10-23(20)31-32)13-14-25(34)36-15-24(33)30-22-9-5-4-8-21(22)27(35)29-18-11-12-18/h3-10,18H,11-15H2,1-2H3,(H,29,35)(H,30,33). The van der Waals surface area contributed by atoms with Crippen LogP contribution in [0.4, 0.5) is 5.69 Å². The number of fused-ring (bicyclic) bond motifs is 3. The molecule has 2 amide bonds. The molecule has 9 heteroatoms. The Hall–Kier alpha value is -4.27. The summed E-state index contributed by atoms with van der Waals surface area (Å²) in [5.41, 5.74) is 5.08. The third-order valence-corrected chi connectivity index (χ3v) is 6.32. The van der Waals surface area contributed by atoms with E-state index in [9.17, 15) is 14.4 Å². The molecule has 1 aliphatic rings. The molecule has 0 atom stereocenters. The minimum Gasteiger partial charge on any atom is -0.456 e. The quantitative estimate of drug-likeness (QED) is 0.369. The van der Waals surface area contributed by atoms with E-state index >= 15 is 0 Å². The highest BCUT2D eigenvalue weighted by atomic mass is 16.5. The second-order valence-electron chi connectivity index (χ2n) is 9.02. The van der Waals surface area contributed by atoms with Gasteiger partial charge in [-0.15, -0.1) is 0 Å². The van der Waals surface area contributed by atoms with Crippen LogP contribution in [0.1, 0.15) is 46.6 Å². The number of hydrogen-bond donors (Lipinski definition) is 2.